The van der Waals surface area contributed by atoms with Gasteiger partial charge < -0.3 is 19.4 Å². The van der Waals surface area contributed by atoms with Crippen LogP contribution < -0.4 is 20.1 Å². The van der Waals surface area contributed by atoms with E-state index in [-0.39, 0.29) is 11.7 Å². The molecule has 2 aromatic carbocycles. The molecule has 136 valence electrons. The van der Waals surface area contributed by atoms with Gasteiger partial charge in [0.1, 0.15) is 11.5 Å². The van der Waals surface area contributed by atoms with Crippen LogP contribution in [0.1, 0.15) is 20.3 Å². The van der Waals surface area contributed by atoms with E-state index in [4.69, 9.17) is 9.47 Å². The van der Waals surface area contributed by atoms with E-state index in [1.54, 1.807) is 54.5 Å². The molecule has 1 amide bonds. The molecule has 3 rings (SSSR count). The highest BCUT2D eigenvalue weighted by molar-refractivity contribution is 5.92. The normalized spacial score (nSPS) is 12.0. The van der Waals surface area contributed by atoms with Gasteiger partial charge in [-0.25, -0.2) is 9.59 Å². The Labute approximate surface area is 150 Å². The van der Waals surface area contributed by atoms with Gasteiger partial charge in [0, 0.05) is 11.7 Å². The predicted octanol–water partition coefficient (Wildman–Crippen LogP) is 3.67. The maximum Gasteiger partial charge on any atom is 0.420 e. The highest BCUT2D eigenvalue weighted by Crippen LogP contribution is 2.25. The molecule has 1 heterocycles. The lowest BCUT2D eigenvalue weighted by Gasteiger charge is -2.27. The molecule has 1 aromatic heterocycles. The lowest BCUT2D eigenvalue weighted by atomic mass is 10.2. The van der Waals surface area contributed by atoms with E-state index in [1.807, 2.05) is 13.8 Å². The van der Waals surface area contributed by atoms with Crippen LogP contribution in [-0.2, 0) is 0 Å². The molecule has 1 unspecified atom stereocenters. The van der Waals surface area contributed by atoms with Gasteiger partial charge in [0.15, 0.2) is 0 Å². The van der Waals surface area contributed by atoms with Crippen molar-refractivity contribution in [1.82, 2.24) is 9.97 Å². The molecule has 26 heavy (non-hydrogen) atoms. The van der Waals surface area contributed by atoms with Crippen LogP contribution in [0.15, 0.2) is 47.3 Å². The van der Waals surface area contributed by atoms with Crippen LogP contribution in [0.2, 0.25) is 0 Å². The molecule has 0 bridgehead atoms. The fraction of sp³-hybridized carbons (Fsp3) is 0.263. The Morgan fingerprint density at radius 1 is 1.08 bits per heavy atom. The zero-order chi connectivity index (χ0) is 18.7. The smallest absolute Gasteiger partial charge is 0.420 e. The summed E-state index contributed by atoms with van der Waals surface area (Å²) in [4.78, 5) is 31.2. The number of imidazole rings is 1. The number of H-pyrrole nitrogens is 2. The third-order valence-electron chi connectivity index (χ3n) is 4.27. The molecule has 0 aliphatic carbocycles. The molecule has 0 saturated heterocycles. The summed E-state index contributed by atoms with van der Waals surface area (Å²) in [6, 6.07) is 12.0. The van der Waals surface area contributed by atoms with Gasteiger partial charge in [-0.1, -0.05) is 6.92 Å². The number of hydrogen-bond acceptors (Lipinski definition) is 4. The molecule has 0 fully saturated rings. The highest BCUT2D eigenvalue weighted by Gasteiger charge is 2.23. The SMILES string of the molecule is CCC(C)N(C(=O)Oc1ccc(OC)cc1)c1ccc2[nH]c(=O)[nH]c2c1. The number of nitrogens with zero attached hydrogens (tertiary/aromatic N) is 1. The van der Waals surface area contributed by atoms with Crippen molar-refractivity contribution >= 4 is 22.8 Å². The largest absolute Gasteiger partial charge is 0.497 e. The number of aromatic amines is 2. The number of rotatable bonds is 5. The molecular formula is C19H21N3O4. The summed E-state index contributed by atoms with van der Waals surface area (Å²) in [7, 11) is 1.58. The number of ether oxygens (including phenoxy) is 2. The van der Waals surface area contributed by atoms with Crippen LogP contribution in [0.25, 0.3) is 11.0 Å². The number of fused-ring (bicyclic) bond motifs is 1. The minimum atomic E-state index is -0.484. The average molecular weight is 355 g/mol. The zero-order valence-corrected chi connectivity index (χ0v) is 14.9. The molecular weight excluding hydrogens is 334 g/mol. The van der Waals surface area contributed by atoms with Crippen molar-refractivity contribution in [2.75, 3.05) is 12.0 Å². The van der Waals surface area contributed by atoms with Gasteiger partial charge in [0.05, 0.1) is 18.1 Å². The van der Waals surface area contributed by atoms with E-state index in [0.717, 1.165) is 6.42 Å². The standard InChI is InChI=1S/C19H21N3O4/c1-4-12(2)22(13-5-10-16-17(11-13)21-18(23)20-16)19(24)26-15-8-6-14(25-3)7-9-15/h5-12H,4H2,1-3H3,(H2,20,21,23). The fourth-order valence-electron chi connectivity index (χ4n) is 2.69. The van der Waals surface area contributed by atoms with Gasteiger partial charge in [0.2, 0.25) is 0 Å². The number of benzene rings is 2. The number of methoxy groups -OCH3 is 1. The third kappa shape index (κ3) is 3.56. The van der Waals surface area contributed by atoms with Gasteiger partial charge >= 0.3 is 11.8 Å². The lowest BCUT2D eigenvalue weighted by molar-refractivity contribution is 0.205. The van der Waals surface area contributed by atoms with Crippen LogP contribution in [0.3, 0.4) is 0 Å². The Balaban J connectivity index is 1.90. The van der Waals surface area contributed by atoms with E-state index in [0.29, 0.717) is 28.2 Å². The first-order valence-electron chi connectivity index (χ1n) is 8.39. The van der Waals surface area contributed by atoms with Gasteiger partial charge in [-0.05, 0) is 55.8 Å². The van der Waals surface area contributed by atoms with Crippen molar-refractivity contribution in [3.8, 4) is 11.5 Å². The second kappa shape index (κ2) is 7.35. The molecule has 0 aliphatic heterocycles. The molecule has 0 spiro atoms. The zero-order valence-electron chi connectivity index (χ0n) is 14.9. The molecule has 0 aliphatic rings. The Hall–Kier alpha value is -3.22. The Bertz CT molecular complexity index is 959. The van der Waals surface area contributed by atoms with E-state index < -0.39 is 6.09 Å². The summed E-state index contributed by atoms with van der Waals surface area (Å²) < 4.78 is 10.6. The van der Waals surface area contributed by atoms with Crippen LogP contribution in [0, 0.1) is 0 Å². The van der Waals surface area contributed by atoms with Crippen molar-refractivity contribution in [2.24, 2.45) is 0 Å². The maximum atomic E-state index is 12.8. The van der Waals surface area contributed by atoms with Crippen molar-refractivity contribution in [2.45, 2.75) is 26.3 Å². The number of aromatic nitrogens is 2. The lowest BCUT2D eigenvalue weighted by Crippen LogP contribution is -2.40. The van der Waals surface area contributed by atoms with Gasteiger partial charge in [-0.3, -0.25) is 4.90 Å². The molecule has 0 saturated carbocycles. The predicted molar refractivity (Wildman–Crippen MR) is 100 cm³/mol. The third-order valence-corrected chi connectivity index (χ3v) is 4.27. The summed E-state index contributed by atoms with van der Waals surface area (Å²) >= 11 is 0. The van der Waals surface area contributed by atoms with Gasteiger partial charge in [-0.2, -0.15) is 0 Å². The summed E-state index contributed by atoms with van der Waals surface area (Å²) in [5.41, 5.74) is 1.69. The maximum absolute atomic E-state index is 12.8. The molecule has 1 atom stereocenters. The van der Waals surface area contributed by atoms with Gasteiger partial charge in [-0.15, -0.1) is 0 Å². The Morgan fingerprint density at radius 2 is 1.73 bits per heavy atom. The second-order valence-electron chi connectivity index (χ2n) is 5.98. The molecule has 7 nitrogen and oxygen atoms in total. The molecule has 0 radical (unpaired) electrons. The first-order valence-corrected chi connectivity index (χ1v) is 8.39. The van der Waals surface area contributed by atoms with E-state index in [9.17, 15) is 9.59 Å². The number of anilines is 1. The quantitative estimate of drug-likeness (QED) is 0.731. The van der Waals surface area contributed by atoms with Crippen molar-refractivity contribution < 1.29 is 14.3 Å². The second-order valence-corrected chi connectivity index (χ2v) is 5.98. The number of amides is 1. The first kappa shape index (κ1) is 17.6. The monoisotopic (exact) mass is 355 g/mol. The average Bonchev–Trinajstić information content (AvgIpc) is 3.01. The van der Waals surface area contributed by atoms with E-state index >= 15 is 0 Å². The van der Waals surface area contributed by atoms with Gasteiger partial charge in [0.25, 0.3) is 0 Å². The minimum Gasteiger partial charge on any atom is -0.497 e. The molecule has 2 N–H and O–H groups in total. The molecule has 7 heteroatoms. The Morgan fingerprint density at radius 3 is 2.38 bits per heavy atom. The van der Waals surface area contributed by atoms with Crippen molar-refractivity contribution in [3.05, 3.63) is 52.9 Å². The number of carbonyl (C=O) groups excluding carboxylic acids is 1. The minimum absolute atomic E-state index is 0.0798. The van der Waals surface area contributed by atoms with Crippen LogP contribution in [0.5, 0.6) is 11.5 Å². The summed E-state index contributed by atoms with van der Waals surface area (Å²) in [5.74, 6) is 1.12. The van der Waals surface area contributed by atoms with Crippen molar-refractivity contribution in [1.29, 1.82) is 0 Å². The van der Waals surface area contributed by atoms with Crippen LogP contribution in [-0.4, -0.2) is 29.2 Å². The number of hydrogen-bond donors (Lipinski definition) is 2. The highest BCUT2D eigenvalue weighted by atomic mass is 16.6. The topological polar surface area (TPSA) is 87.4 Å². The van der Waals surface area contributed by atoms with E-state index in [2.05, 4.69) is 9.97 Å². The summed E-state index contributed by atoms with van der Waals surface area (Å²) in [6.45, 7) is 3.94. The number of carbonyl (C=O) groups is 1. The van der Waals surface area contributed by atoms with Crippen molar-refractivity contribution in [3.63, 3.8) is 0 Å². The first-order chi connectivity index (χ1) is 12.5. The van der Waals surface area contributed by atoms with E-state index in [1.165, 1.54) is 0 Å². The van der Waals surface area contributed by atoms with Crippen LogP contribution >= 0.6 is 0 Å². The number of nitrogens with one attached hydrogen (secondary N) is 2. The molecule has 3 aromatic rings. The fourth-order valence-corrected chi connectivity index (χ4v) is 2.69. The Kier molecular flexibility index (Phi) is 4.97. The summed E-state index contributed by atoms with van der Waals surface area (Å²) in [6.07, 6.45) is 0.265. The van der Waals surface area contributed by atoms with Crippen LogP contribution in [0.4, 0.5) is 10.5 Å². The summed E-state index contributed by atoms with van der Waals surface area (Å²) in [5, 5.41) is 0.